The number of aryl methyl sites for hydroxylation is 1. The summed E-state index contributed by atoms with van der Waals surface area (Å²) in [6, 6.07) is 10.9. The molecule has 6 rings (SSSR count). The first-order valence-electron chi connectivity index (χ1n) is 22.7. The zero-order valence-corrected chi connectivity index (χ0v) is 38.2. The Morgan fingerprint density at radius 2 is 1.39 bits per heavy atom. The molecule has 1 aliphatic heterocycles. The Hall–Kier alpha value is -4.31. The molecule has 0 spiro atoms. The van der Waals surface area contributed by atoms with E-state index in [0.717, 1.165) is 43.2 Å². The fourth-order valence-electron chi connectivity index (χ4n) is 9.40. The van der Waals surface area contributed by atoms with Crippen LogP contribution in [0.15, 0.2) is 48.5 Å². The van der Waals surface area contributed by atoms with Gasteiger partial charge >= 0.3 is 7.12 Å². The van der Waals surface area contributed by atoms with Crippen molar-refractivity contribution >= 4 is 36.7 Å². The summed E-state index contributed by atoms with van der Waals surface area (Å²) < 4.78 is 12.9. The van der Waals surface area contributed by atoms with Crippen LogP contribution in [-0.2, 0) is 34.9 Å². The highest BCUT2D eigenvalue weighted by molar-refractivity contribution is 6.47. The summed E-state index contributed by atoms with van der Waals surface area (Å²) in [5.41, 5.74) is 9.06. The van der Waals surface area contributed by atoms with E-state index in [1.807, 2.05) is 19.1 Å². The maximum absolute atomic E-state index is 13.7. The molecule has 2 aromatic carbocycles. The van der Waals surface area contributed by atoms with Gasteiger partial charge in [-0.25, -0.2) is 0 Å². The normalized spacial score (nSPS) is 24.0. The predicted molar refractivity (Wildman–Crippen MR) is 240 cm³/mol. The fourth-order valence-corrected chi connectivity index (χ4v) is 9.40. The average Bonchev–Trinajstić information content (AvgIpc) is 3.61. The van der Waals surface area contributed by atoms with Gasteiger partial charge < -0.3 is 46.7 Å². The Morgan fingerprint density at radius 3 is 1.97 bits per heavy atom. The van der Waals surface area contributed by atoms with E-state index in [9.17, 15) is 29.1 Å². The van der Waals surface area contributed by atoms with Crippen LogP contribution in [0.3, 0.4) is 0 Å². The summed E-state index contributed by atoms with van der Waals surface area (Å²) in [7, 11) is -0.637. The van der Waals surface area contributed by atoms with Crippen LogP contribution in [0.25, 0.3) is 11.1 Å². The average molecular weight is 859 g/mol. The number of carbonyl (C=O) groups excluding carboxylic acids is 5. The molecule has 1 saturated heterocycles. The minimum Gasteiger partial charge on any atom is -0.404 e. The molecule has 2 aromatic rings. The van der Waals surface area contributed by atoms with Crippen molar-refractivity contribution in [2.45, 2.75) is 162 Å². The lowest BCUT2D eigenvalue weighted by Gasteiger charge is -2.64. The van der Waals surface area contributed by atoms with Gasteiger partial charge in [0.15, 0.2) is 0 Å². The molecule has 0 radical (unpaired) electrons. The minimum absolute atomic E-state index is 0.0442. The molecule has 2 bridgehead atoms. The number of rotatable bonds is 21. The first-order chi connectivity index (χ1) is 29.3. The fraction of sp³-hybridized carbons (Fsp3) is 0.638. The minimum atomic E-state index is -1.46. The molecule has 4 fully saturated rings. The third-order valence-electron chi connectivity index (χ3n) is 13.6. The van der Waals surface area contributed by atoms with Gasteiger partial charge in [0.1, 0.15) is 24.2 Å². The van der Waals surface area contributed by atoms with Crippen LogP contribution in [0.2, 0.25) is 0 Å². The van der Waals surface area contributed by atoms with Gasteiger partial charge in [0, 0.05) is 5.56 Å². The highest BCUT2D eigenvalue weighted by Crippen LogP contribution is 2.65. The van der Waals surface area contributed by atoms with Crippen LogP contribution < -0.4 is 32.3 Å². The SMILES string of the molecule is CCCCc1ccc(-c2ccc(C(=O)N[C@@H](CCCCN)C(=O)N[C@H](C(=O)N[C@@H](C)C(=O)N[C@H](C(=O)N[C@@H](C)B3OC4C[C@@H]5C[C@@H](C5(C)C)[C@]4(C)O3)C(C)C)[C@@H](C)O)cc2)cc1. The van der Waals surface area contributed by atoms with Gasteiger partial charge in [-0.05, 0) is 131 Å². The smallest absolute Gasteiger partial charge is 0.404 e. The van der Waals surface area contributed by atoms with Crippen LogP contribution in [0.1, 0.15) is 123 Å². The van der Waals surface area contributed by atoms with Gasteiger partial charge in [-0.1, -0.05) is 77.4 Å². The van der Waals surface area contributed by atoms with Crippen molar-refractivity contribution in [3.05, 3.63) is 59.7 Å². The largest absolute Gasteiger partial charge is 0.481 e. The molecule has 15 heteroatoms. The van der Waals surface area contributed by atoms with Gasteiger partial charge in [-0.15, -0.1) is 0 Å². The summed E-state index contributed by atoms with van der Waals surface area (Å²) in [6.07, 6.45) is 5.28. The van der Waals surface area contributed by atoms with E-state index < -0.39 is 78.5 Å². The molecule has 4 aliphatic rings. The van der Waals surface area contributed by atoms with Crippen LogP contribution in [0.4, 0.5) is 0 Å². The maximum atomic E-state index is 13.7. The van der Waals surface area contributed by atoms with E-state index in [1.54, 1.807) is 26.0 Å². The van der Waals surface area contributed by atoms with Crippen molar-refractivity contribution in [1.29, 1.82) is 0 Å². The van der Waals surface area contributed by atoms with Gasteiger partial charge in [0.25, 0.3) is 5.91 Å². The molecule has 0 aromatic heterocycles. The number of hydrogen-bond donors (Lipinski definition) is 7. The number of benzene rings is 2. The number of amides is 5. The molecule has 340 valence electrons. The molecule has 14 nitrogen and oxygen atoms in total. The van der Waals surface area contributed by atoms with Gasteiger partial charge in [0.05, 0.1) is 23.8 Å². The quantitative estimate of drug-likeness (QED) is 0.0708. The zero-order valence-electron chi connectivity index (χ0n) is 38.2. The summed E-state index contributed by atoms with van der Waals surface area (Å²) in [5, 5.41) is 24.3. The van der Waals surface area contributed by atoms with Crippen LogP contribution in [-0.4, -0.2) is 96.2 Å². The summed E-state index contributed by atoms with van der Waals surface area (Å²) in [4.78, 5) is 67.8. The van der Waals surface area contributed by atoms with Gasteiger partial charge in [0.2, 0.25) is 23.6 Å². The Morgan fingerprint density at radius 1 is 0.774 bits per heavy atom. The maximum Gasteiger partial charge on any atom is 0.481 e. The Labute approximate surface area is 368 Å². The van der Waals surface area contributed by atoms with Crippen molar-refractivity contribution in [2.75, 3.05) is 6.54 Å². The number of nitrogens with one attached hydrogen (secondary N) is 5. The van der Waals surface area contributed by atoms with E-state index in [0.29, 0.717) is 36.8 Å². The number of aliphatic hydroxyl groups excluding tert-OH is 1. The molecule has 3 saturated carbocycles. The van der Waals surface area contributed by atoms with E-state index in [-0.39, 0.29) is 23.9 Å². The highest BCUT2D eigenvalue weighted by atomic mass is 16.7. The first kappa shape index (κ1) is 48.7. The first-order valence-corrected chi connectivity index (χ1v) is 22.7. The van der Waals surface area contributed by atoms with E-state index >= 15 is 0 Å². The van der Waals surface area contributed by atoms with Crippen molar-refractivity contribution in [3.63, 3.8) is 0 Å². The number of nitrogens with two attached hydrogens (primary N) is 1. The number of hydrogen-bond acceptors (Lipinski definition) is 9. The second-order valence-corrected chi connectivity index (χ2v) is 19.0. The number of carbonyl (C=O) groups is 5. The van der Waals surface area contributed by atoms with Crippen LogP contribution in [0, 0.1) is 23.2 Å². The second kappa shape index (κ2) is 20.9. The topological polar surface area (TPSA) is 210 Å². The van der Waals surface area contributed by atoms with Crippen molar-refractivity contribution in [1.82, 2.24) is 26.6 Å². The molecule has 8 N–H and O–H groups in total. The summed E-state index contributed by atoms with van der Waals surface area (Å²) in [6.45, 7) is 17.5. The standard InChI is InChI=1S/C47H71BN6O8/c1-10-11-14-31-16-18-32(19-17-31)33-20-22-34(23-21-33)42(57)52-36(15-12-13-24-49)43(58)54-40(29(5)55)45(60)50-28(4)41(56)53-39(27(2)3)44(59)51-30(6)48-61-38-26-35-25-37(46(35,7)8)47(38,9)62-48/h16-23,27-30,35-40,55H,10-15,24-26,49H2,1-9H3,(H,50,60)(H,51,59)(H,52,57)(H,53,56)(H,54,58)/t28-,29+,30-,35-,36-,37-,38?,39-,40-,47-/m0/s1. The molecule has 1 unspecified atom stereocenters. The van der Waals surface area contributed by atoms with E-state index in [2.05, 4.69) is 78.5 Å². The molecule has 10 atom stereocenters. The Balaban J connectivity index is 1.15. The Kier molecular flexibility index (Phi) is 16.4. The van der Waals surface area contributed by atoms with Crippen molar-refractivity contribution in [2.24, 2.45) is 28.9 Å². The summed E-state index contributed by atoms with van der Waals surface area (Å²) >= 11 is 0. The van der Waals surface area contributed by atoms with Crippen LogP contribution >= 0.6 is 0 Å². The lowest BCUT2D eigenvalue weighted by molar-refractivity contribution is -0.199. The lowest BCUT2D eigenvalue weighted by Crippen LogP contribution is -2.65. The van der Waals surface area contributed by atoms with E-state index in [1.165, 1.54) is 19.4 Å². The monoisotopic (exact) mass is 859 g/mol. The molecular weight excluding hydrogens is 787 g/mol. The predicted octanol–water partition coefficient (Wildman–Crippen LogP) is 4.21. The molecule has 62 heavy (non-hydrogen) atoms. The van der Waals surface area contributed by atoms with Crippen molar-refractivity contribution < 1.29 is 38.4 Å². The Bertz CT molecular complexity index is 1880. The van der Waals surface area contributed by atoms with Gasteiger partial charge in [-0.2, -0.15) is 0 Å². The molecule has 5 amide bonds. The molecule has 1 heterocycles. The van der Waals surface area contributed by atoms with Crippen LogP contribution in [0.5, 0.6) is 0 Å². The molecular formula is C47H71BN6O8. The number of unbranched alkanes of at least 4 members (excludes halogenated alkanes) is 2. The highest BCUT2D eigenvalue weighted by Gasteiger charge is 2.68. The second-order valence-electron chi connectivity index (χ2n) is 19.0. The van der Waals surface area contributed by atoms with Crippen molar-refractivity contribution in [3.8, 4) is 11.1 Å². The zero-order chi connectivity index (χ0) is 45.5. The third-order valence-corrected chi connectivity index (χ3v) is 13.6. The molecule has 3 aliphatic carbocycles. The third kappa shape index (κ3) is 11.3. The van der Waals surface area contributed by atoms with E-state index in [4.69, 9.17) is 15.0 Å². The number of aliphatic hydroxyl groups is 1. The van der Waals surface area contributed by atoms with Gasteiger partial charge in [-0.3, -0.25) is 24.0 Å². The summed E-state index contributed by atoms with van der Waals surface area (Å²) in [5.74, 6) is -2.87. The lowest BCUT2D eigenvalue weighted by atomic mass is 9.43.